The van der Waals surface area contributed by atoms with Crippen LogP contribution in [-0.4, -0.2) is 80.2 Å². The van der Waals surface area contributed by atoms with Crippen molar-refractivity contribution in [1.82, 2.24) is 29.1 Å². The minimum absolute atomic E-state index is 0.127. The van der Waals surface area contributed by atoms with Gasteiger partial charge in [0.1, 0.15) is 36.4 Å². The Labute approximate surface area is 289 Å². The average molecular weight is 689 g/mol. The number of benzene rings is 3. The van der Waals surface area contributed by atoms with Crippen LogP contribution in [0.1, 0.15) is 37.5 Å². The van der Waals surface area contributed by atoms with Crippen LogP contribution < -0.4 is 20.2 Å². The molecule has 2 fully saturated rings. The quantitative estimate of drug-likeness (QED) is 0.226. The van der Waals surface area contributed by atoms with E-state index in [-0.39, 0.29) is 30.4 Å². The van der Waals surface area contributed by atoms with Gasteiger partial charge in [0.25, 0.3) is 0 Å². The van der Waals surface area contributed by atoms with Crippen molar-refractivity contribution in [1.29, 1.82) is 0 Å². The number of piperazine rings is 1. The number of halogens is 2. The third-order valence-electron chi connectivity index (χ3n) is 9.11. The second kappa shape index (κ2) is 16.1. The van der Waals surface area contributed by atoms with Crippen LogP contribution >= 0.6 is 0 Å². The van der Waals surface area contributed by atoms with Crippen LogP contribution in [0.3, 0.4) is 0 Å². The number of aliphatic hydroxyl groups excluding tert-OH is 1. The predicted octanol–water partition coefficient (Wildman–Crippen LogP) is 4.55. The monoisotopic (exact) mass is 688 g/mol. The molecule has 0 radical (unpaired) electrons. The molecule has 0 unspecified atom stereocenters. The Morgan fingerprint density at radius 2 is 1.58 bits per heavy atom. The summed E-state index contributed by atoms with van der Waals surface area (Å²) in [6.07, 6.45) is 5.50. The van der Waals surface area contributed by atoms with Gasteiger partial charge in [0.15, 0.2) is 0 Å². The van der Waals surface area contributed by atoms with E-state index in [4.69, 9.17) is 9.47 Å². The van der Waals surface area contributed by atoms with Crippen molar-refractivity contribution in [3.05, 3.63) is 113 Å². The van der Waals surface area contributed by atoms with Crippen LogP contribution in [0.15, 0.2) is 90.5 Å². The van der Waals surface area contributed by atoms with Crippen molar-refractivity contribution < 1.29 is 23.4 Å². The van der Waals surface area contributed by atoms with Crippen molar-refractivity contribution >= 4 is 11.4 Å². The first kappa shape index (κ1) is 34.8. The molecule has 2 aliphatic heterocycles. The maximum Gasteiger partial charge on any atom is 0.350 e. The SMILES string of the molecule is CC[C@@H](CO)n1ncn(-c2ccc(N3CCN(c4ccc(OC[C@@H]5CO[C@@H](c6ccc(F)cc6F)C5)cc4)CC3)cc2)c1=O.Cn1cncn1. The highest BCUT2D eigenvalue weighted by molar-refractivity contribution is 5.54. The van der Waals surface area contributed by atoms with E-state index in [9.17, 15) is 18.7 Å². The normalized spacial score (nSPS) is 18.1. The average Bonchev–Trinajstić information content (AvgIpc) is 3.91. The van der Waals surface area contributed by atoms with Crippen molar-refractivity contribution in [3.8, 4) is 11.4 Å². The third kappa shape index (κ3) is 8.20. The number of anilines is 2. The number of hydrogen-bond donors (Lipinski definition) is 1. The number of rotatable bonds is 10. The van der Waals surface area contributed by atoms with E-state index >= 15 is 0 Å². The fourth-order valence-electron chi connectivity index (χ4n) is 6.19. The lowest BCUT2D eigenvalue weighted by molar-refractivity contribution is 0.100. The molecule has 0 saturated carbocycles. The Morgan fingerprint density at radius 1 is 0.920 bits per heavy atom. The lowest BCUT2D eigenvalue weighted by Gasteiger charge is -2.37. The molecule has 3 atom stereocenters. The van der Waals surface area contributed by atoms with E-state index in [1.54, 1.807) is 11.0 Å². The fourth-order valence-corrected chi connectivity index (χ4v) is 6.19. The van der Waals surface area contributed by atoms with Crippen LogP contribution in [0.2, 0.25) is 0 Å². The van der Waals surface area contributed by atoms with Crippen LogP contribution in [-0.2, 0) is 11.8 Å². The maximum absolute atomic E-state index is 14.1. The van der Waals surface area contributed by atoms with E-state index in [0.29, 0.717) is 31.6 Å². The molecule has 3 aromatic carbocycles. The van der Waals surface area contributed by atoms with E-state index in [2.05, 4.69) is 37.1 Å². The van der Waals surface area contributed by atoms with Crippen molar-refractivity contribution in [2.75, 3.05) is 55.8 Å². The Hall–Kier alpha value is -5.08. The molecule has 5 aromatic rings. The molecule has 4 heterocycles. The number of aryl methyl sites for hydroxylation is 1. The molecule has 14 heteroatoms. The molecule has 0 bridgehead atoms. The zero-order valence-electron chi connectivity index (χ0n) is 28.2. The minimum Gasteiger partial charge on any atom is -0.493 e. The molecule has 2 aliphatic rings. The van der Waals surface area contributed by atoms with E-state index in [1.807, 2.05) is 50.4 Å². The highest BCUT2D eigenvalue weighted by Gasteiger charge is 2.29. The smallest absolute Gasteiger partial charge is 0.350 e. The van der Waals surface area contributed by atoms with Crippen LogP contribution in [0, 0.1) is 17.6 Å². The molecule has 1 N–H and O–H groups in total. The number of aromatic nitrogens is 6. The molecule has 0 spiro atoms. The number of hydrogen-bond acceptors (Lipinski definition) is 9. The van der Waals surface area contributed by atoms with Crippen molar-refractivity contribution in [2.24, 2.45) is 13.0 Å². The van der Waals surface area contributed by atoms with E-state index in [0.717, 1.165) is 55.1 Å². The second-order valence-corrected chi connectivity index (χ2v) is 12.4. The Kier molecular flexibility index (Phi) is 11.2. The molecule has 264 valence electrons. The topological polar surface area (TPSA) is 116 Å². The standard InChI is InChI=1S/C33H37F2N5O4.C3H5N3/c1-2-25(19-41)40-33(42)39(22-36-40)28-6-4-26(5-7-28)37-13-15-38(16-14-37)27-8-10-29(11-9-27)43-20-23-17-32(44-21-23)30-12-3-24(34)18-31(30)35;1-6-3-4-2-5-6/h3-12,18,22-23,25,32,41H,2,13-17,19-21H2,1H3;2-3H,1H3/t23-,25+,32-;/m1./s1. The summed E-state index contributed by atoms with van der Waals surface area (Å²) in [7, 11) is 1.83. The number of ether oxygens (including phenoxy) is 2. The first-order valence-electron chi connectivity index (χ1n) is 16.8. The van der Waals surface area contributed by atoms with Crippen molar-refractivity contribution in [3.63, 3.8) is 0 Å². The Morgan fingerprint density at radius 3 is 2.14 bits per heavy atom. The van der Waals surface area contributed by atoms with E-state index in [1.165, 1.54) is 34.0 Å². The summed E-state index contributed by atoms with van der Waals surface area (Å²) in [4.78, 5) is 21.1. The van der Waals surface area contributed by atoms with Gasteiger partial charge in [-0.3, -0.25) is 4.68 Å². The van der Waals surface area contributed by atoms with Gasteiger partial charge in [-0.1, -0.05) is 13.0 Å². The summed E-state index contributed by atoms with van der Waals surface area (Å²) in [6.45, 7) is 6.19. The van der Waals surface area contributed by atoms with Gasteiger partial charge in [0.05, 0.1) is 37.7 Å². The molecule has 0 aliphatic carbocycles. The molecule has 7 rings (SSSR count). The lowest BCUT2D eigenvalue weighted by atomic mass is 10.0. The fraction of sp³-hybridized carbons (Fsp3) is 0.389. The van der Waals surface area contributed by atoms with Gasteiger partial charge in [-0.2, -0.15) is 10.2 Å². The first-order valence-corrected chi connectivity index (χ1v) is 16.8. The minimum atomic E-state index is -0.592. The van der Waals surface area contributed by atoms with Gasteiger partial charge < -0.3 is 24.4 Å². The third-order valence-corrected chi connectivity index (χ3v) is 9.11. The molecule has 12 nitrogen and oxygen atoms in total. The van der Waals surface area contributed by atoms with Gasteiger partial charge in [-0.05, 0) is 67.4 Å². The molecular formula is C36H42F2N8O4. The highest BCUT2D eigenvalue weighted by atomic mass is 19.1. The predicted molar refractivity (Wildman–Crippen MR) is 185 cm³/mol. The second-order valence-electron chi connectivity index (χ2n) is 12.4. The zero-order valence-corrected chi connectivity index (χ0v) is 28.2. The molecule has 2 aromatic heterocycles. The van der Waals surface area contributed by atoms with Crippen LogP contribution in [0.4, 0.5) is 20.2 Å². The number of aliphatic hydroxyl groups is 1. The lowest BCUT2D eigenvalue weighted by Crippen LogP contribution is -2.46. The highest BCUT2D eigenvalue weighted by Crippen LogP contribution is 2.34. The van der Waals surface area contributed by atoms with E-state index < -0.39 is 11.6 Å². The maximum atomic E-state index is 14.1. The summed E-state index contributed by atoms with van der Waals surface area (Å²) in [5.41, 5.74) is 3.09. The first-order chi connectivity index (χ1) is 24.3. The number of nitrogens with zero attached hydrogens (tertiary/aromatic N) is 8. The summed E-state index contributed by atoms with van der Waals surface area (Å²) in [5, 5.41) is 17.4. The molecule has 0 amide bonds. The molecular weight excluding hydrogens is 646 g/mol. The summed E-state index contributed by atoms with van der Waals surface area (Å²) < 4.78 is 43.6. The zero-order chi connectivity index (χ0) is 35.0. The van der Waals surface area contributed by atoms with Gasteiger partial charge in [0, 0.05) is 62.1 Å². The van der Waals surface area contributed by atoms with Gasteiger partial charge in [0.2, 0.25) is 0 Å². The van der Waals surface area contributed by atoms with Gasteiger partial charge in [-0.15, -0.1) is 0 Å². The molecule has 50 heavy (non-hydrogen) atoms. The summed E-state index contributed by atoms with van der Waals surface area (Å²) in [6, 6.07) is 19.3. The summed E-state index contributed by atoms with van der Waals surface area (Å²) in [5.74, 6) is -0.264. The molecule has 2 saturated heterocycles. The van der Waals surface area contributed by atoms with Gasteiger partial charge in [-0.25, -0.2) is 27.8 Å². The van der Waals surface area contributed by atoms with Crippen molar-refractivity contribution in [2.45, 2.75) is 31.9 Å². The van der Waals surface area contributed by atoms with Crippen LogP contribution in [0.5, 0.6) is 5.75 Å². The van der Waals surface area contributed by atoms with Gasteiger partial charge >= 0.3 is 5.69 Å². The largest absolute Gasteiger partial charge is 0.493 e. The van der Waals surface area contributed by atoms with Crippen LogP contribution in [0.25, 0.3) is 5.69 Å². The summed E-state index contributed by atoms with van der Waals surface area (Å²) >= 11 is 0. The Bertz CT molecular complexity index is 1850. The Balaban J connectivity index is 0.000000652.